The second-order valence-electron chi connectivity index (χ2n) is 4.63. The van der Waals surface area contributed by atoms with Crippen LogP contribution in [0.3, 0.4) is 0 Å². The number of nitrogens with two attached hydrogens (primary N) is 1. The number of aromatic nitrogens is 1. The van der Waals surface area contributed by atoms with E-state index in [4.69, 9.17) is 29.0 Å². The van der Waals surface area contributed by atoms with Gasteiger partial charge in [-0.2, -0.15) is 0 Å². The van der Waals surface area contributed by atoms with Crippen LogP contribution in [0.1, 0.15) is 38.5 Å². The Balaban J connectivity index is 2.12. The fourth-order valence-corrected chi connectivity index (χ4v) is 2.75. The summed E-state index contributed by atoms with van der Waals surface area (Å²) < 4.78 is 0. The van der Waals surface area contributed by atoms with Crippen LogP contribution in [0.5, 0.6) is 0 Å². The van der Waals surface area contributed by atoms with E-state index < -0.39 is 0 Å². The Hall–Kier alpha value is -0.710. The van der Waals surface area contributed by atoms with E-state index in [2.05, 4.69) is 15.7 Å². The zero-order chi connectivity index (χ0) is 13.0. The lowest BCUT2D eigenvalue weighted by molar-refractivity contribution is 0.618. The predicted octanol–water partition coefficient (Wildman–Crippen LogP) is 3.81. The number of nitrogens with one attached hydrogen (secondary N) is 2. The third-order valence-electron chi connectivity index (χ3n) is 3.26. The molecule has 4 nitrogen and oxygen atoms in total. The zero-order valence-electron chi connectivity index (χ0n) is 10.2. The molecule has 1 saturated carbocycles. The molecule has 1 aliphatic rings. The molecule has 0 unspecified atom stereocenters. The fourth-order valence-electron chi connectivity index (χ4n) is 2.29. The Kier molecular flexibility index (Phi) is 4.92. The van der Waals surface area contributed by atoms with E-state index in [0.29, 0.717) is 27.7 Å². The van der Waals surface area contributed by atoms with Crippen LogP contribution in [0, 0.1) is 0 Å². The van der Waals surface area contributed by atoms with Crippen LogP contribution in [0.15, 0.2) is 6.07 Å². The third kappa shape index (κ3) is 3.40. The first-order valence-corrected chi connectivity index (χ1v) is 7.05. The quantitative estimate of drug-likeness (QED) is 0.450. The van der Waals surface area contributed by atoms with E-state index in [1.54, 1.807) is 6.07 Å². The van der Waals surface area contributed by atoms with E-state index >= 15 is 0 Å². The molecule has 1 fully saturated rings. The van der Waals surface area contributed by atoms with Crippen molar-refractivity contribution in [3.05, 3.63) is 16.1 Å². The maximum absolute atomic E-state index is 6.14. The number of hydrogen-bond donors (Lipinski definition) is 3. The van der Waals surface area contributed by atoms with Gasteiger partial charge in [0.05, 0.1) is 10.0 Å². The van der Waals surface area contributed by atoms with Crippen molar-refractivity contribution in [2.45, 2.75) is 44.6 Å². The molecule has 0 saturated heterocycles. The molecule has 0 spiro atoms. The van der Waals surface area contributed by atoms with Crippen LogP contribution in [0.2, 0.25) is 10.0 Å². The fraction of sp³-hybridized carbons (Fsp3) is 0.583. The highest BCUT2D eigenvalue weighted by atomic mass is 35.5. The first-order valence-electron chi connectivity index (χ1n) is 6.30. The molecule has 1 heterocycles. The number of nitrogen functional groups attached to an aromatic ring is 1. The summed E-state index contributed by atoms with van der Waals surface area (Å²) in [7, 11) is 0. The normalized spacial score (nSPS) is 17.3. The van der Waals surface area contributed by atoms with Crippen LogP contribution in [-0.4, -0.2) is 11.0 Å². The average molecular weight is 289 g/mol. The number of hydrogen-bond acceptors (Lipinski definition) is 4. The molecule has 2 rings (SSSR count). The Morgan fingerprint density at radius 2 is 1.67 bits per heavy atom. The molecule has 4 N–H and O–H groups in total. The van der Waals surface area contributed by atoms with Crippen LogP contribution < -0.4 is 16.6 Å². The highest BCUT2D eigenvalue weighted by Gasteiger charge is 2.15. The first-order chi connectivity index (χ1) is 8.70. The molecular formula is C12H18Cl2N4. The minimum Gasteiger partial charge on any atom is -0.366 e. The molecule has 100 valence electrons. The lowest BCUT2D eigenvalue weighted by Crippen LogP contribution is -2.20. The van der Waals surface area contributed by atoms with Crippen molar-refractivity contribution in [2.24, 2.45) is 5.84 Å². The first kappa shape index (κ1) is 13.7. The molecule has 0 aromatic carbocycles. The summed E-state index contributed by atoms with van der Waals surface area (Å²) in [5, 5.41) is 4.35. The number of anilines is 2. The summed E-state index contributed by atoms with van der Waals surface area (Å²) >= 11 is 12.1. The smallest absolute Gasteiger partial charge is 0.161 e. The van der Waals surface area contributed by atoms with Gasteiger partial charge in [-0.15, -0.1) is 0 Å². The Morgan fingerprint density at radius 1 is 1.06 bits per heavy atom. The van der Waals surface area contributed by atoms with Crippen LogP contribution in [0.25, 0.3) is 0 Å². The standard InChI is InChI=1S/C12H18Cl2N4/c13-9-7-10(14)12(18-15)17-11(9)16-8-5-3-1-2-4-6-8/h7-8H,1-6,15H2,(H2,16,17,18). The SMILES string of the molecule is NNc1nc(NC2CCCCCC2)c(Cl)cc1Cl. The highest BCUT2D eigenvalue weighted by molar-refractivity contribution is 6.37. The topological polar surface area (TPSA) is 63.0 Å². The van der Waals surface area contributed by atoms with Crippen molar-refractivity contribution in [1.29, 1.82) is 0 Å². The third-order valence-corrected chi connectivity index (χ3v) is 3.84. The molecule has 18 heavy (non-hydrogen) atoms. The summed E-state index contributed by atoms with van der Waals surface area (Å²) in [6, 6.07) is 2.09. The molecular weight excluding hydrogens is 271 g/mol. The van der Waals surface area contributed by atoms with Gasteiger partial charge in [0.2, 0.25) is 0 Å². The Bertz CT molecular complexity index is 403. The van der Waals surface area contributed by atoms with Crippen molar-refractivity contribution in [1.82, 2.24) is 4.98 Å². The lowest BCUT2D eigenvalue weighted by Gasteiger charge is -2.18. The molecule has 0 aliphatic heterocycles. The van der Waals surface area contributed by atoms with Gasteiger partial charge >= 0.3 is 0 Å². The second kappa shape index (κ2) is 6.45. The summed E-state index contributed by atoms with van der Waals surface area (Å²) in [6.45, 7) is 0. The molecule has 0 amide bonds. The van der Waals surface area contributed by atoms with Gasteiger partial charge in [0.25, 0.3) is 0 Å². The van der Waals surface area contributed by atoms with Crippen molar-refractivity contribution in [3.63, 3.8) is 0 Å². The summed E-state index contributed by atoms with van der Waals surface area (Å²) in [5.74, 6) is 6.46. The monoisotopic (exact) mass is 288 g/mol. The van der Waals surface area contributed by atoms with Gasteiger partial charge in [-0.3, -0.25) is 0 Å². The van der Waals surface area contributed by atoms with Gasteiger partial charge < -0.3 is 10.7 Å². The van der Waals surface area contributed by atoms with E-state index in [1.807, 2.05) is 0 Å². The van der Waals surface area contributed by atoms with Gasteiger partial charge in [-0.1, -0.05) is 48.9 Å². The van der Waals surface area contributed by atoms with Crippen molar-refractivity contribution in [3.8, 4) is 0 Å². The maximum atomic E-state index is 6.14. The Labute approximate surface area is 117 Å². The van der Waals surface area contributed by atoms with Crippen LogP contribution in [0.4, 0.5) is 11.6 Å². The number of nitrogens with zero attached hydrogens (tertiary/aromatic N) is 1. The van der Waals surface area contributed by atoms with Gasteiger partial charge in [0, 0.05) is 6.04 Å². The molecule has 0 radical (unpaired) electrons. The van der Waals surface area contributed by atoms with Crippen molar-refractivity contribution < 1.29 is 0 Å². The molecule has 6 heteroatoms. The van der Waals surface area contributed by atoms with Crippen molar-refractivity contribution in [2.75, 3.05) is 10.7 Å². The lowest BCUT2D eigenvalue weighted by atomic mass is 10.1. The predicted molar refractivity (Wildman–Crippen MR) is 77.2 cm³/mol. The van der Waals surface area contributed by atoms with Gasteiger partial charge in [0.1, 0.15) is 5.82 Å². The number of pyridine rings is 1. The van der Waals surface area contributed by atoms with Gasteiger partial charge in [-0.25, -0.2) is 10.8 Å². The second-order valence-corrected chi connectivity index (χ2v) is 5.44. The average Bonchev–Trinajstić information content (AvgIpc) is 2.61. The molecule has 0 atom stereocenters. The molecule has 1 aliphatic carbocycles. The van der Waals surface area contributed by atoms with Crippen LogP contribution >= 0.6 is 23.2 Å². The summed E-state index contributed by atoms with van der Waals surface area (Å²) in [5.41, 5.74) is 2.47. The molecule has 1 aromatic rings. The van der Waals surface area contributed by atoms with E-state index in [9.17, 15) is 0 Å². The van der Waals surface area contributed by atoms with Crippen molar-refractivity contribution >= 4 is 34.8 Å². The number of hydrazine groups is 1. The minimum atomic E-state index is 0.425. The maximum Gasteiger partial charge on any atom is 0.161 e. The van der Waals surface area contributed by atoms with Gasteiger partial charge in [-0.05, 0) is 18.9 Å². The zero-order valence-corrected chi connectivity index (χ0v) is 11.7. The number of rotatable bonds is 3. The molecule has 1 aromatic heterocycles. The van der Waals surface area contributed by atoms with E-state index in [1.165, 1.54) is 25.7 Å². The summed E-state index contributed by atoms with van der Waals surface area (Å²) in [6.07, 6.45) is 7.46. The van der Waals surface area contributed by atoms with Gasteiger partial charge in [0.15, 0.2) is 5.82 Å². The largest absolute Gasteiger partial charge is 0.366 e. The Morgan fingerprint density at radius 3 is 2.28 bits per heavy atom. The highest BCUT2D eigenvalue weighted by Crippen LogP contribution is 2.30. The minimum absolute atomic E-state index is 0.425. The van der Waals surface area contributed by atoms with E-state index in [0.717, 1.165) is 12.8 Å². The van der Waals surface area contributed by atoms with E-state index in [-0.39, 0.29) is 0 Å². The van der Waals surface area contributed by atoms with Crippen LogP contribution in [-0.2, 0) is 0 Å². The number of halogens is 2. The summed E-state index contributed by atoms with van der Waals surface area (Å²) in [4.78, 5) is 4.30. The molecule has 0 bridgehead atoms.